The van der Waals surface area contributed by atoms with Crippen LogP contribution in [0.5, 0.6) is 0 Å². The monoisotopic (exact) mass is 258 g/mol. The number of hydrogen-bond acceptors (Lipinski definition) is 4. The van der Waals surface area contributed by atoms with Gasteiger partial charge in [-0.15, -0.1) is 0 Å². The number of aromatic amines is 1. The van der Waals surface area contributed by atoms with E-state index in [0.29, 0.717) is 21.8 Å². The molecule has 90 valence electrons. The van der Waals surface area contributed by atoms with E-state index in [4.69, 9.17) is 4.42 Å². The van der Waals surface area contributed by atoms with Gasteiger partial charge in [0.1, 0.15) is 5.76 Å². The molecule has 2 aromatic heterocycles. The number of rotatable bonds is 3. The summed E-state index contributed by atoms with van der Waals surface area (Å²) in [5, 5.41) is 1.22. The minimum absolute atomic E-state index is 0.109. The predicted molar refractivity (Wildman–Crippen MR) is 70.6 cm³/mol. The number of fused-ring (bicyclic) bond motifs is 1. The highest BCUT2D eigenvalue weighted by Gasteiger charge is 2.04. The maximum atomic E-state index is 11.8. The Kier molecular flexibility index (Phi) is 2.90. The van der Waals surface area contributed by atoms with Crippen molar-refractivity contribution in [3.63, 3.8) is 0 Å². The van der Waals surface area contributed by atoms with Crippen LogP contribution in [-0.4, -0.2) is 9.97 Å². The molecule has 3 rings (SSSR count). The number of nitrogens with zero attached hydrogens (tertiary/aromatic N) is 1. The van der Waals surface area contributed by atoms with Crippen LogP contribution in [0.1, 0.15) is 5.76 Å². The smallest absolute Gasteiger partial charge is 0.259 e. The Hall–Kier alpha value is -2.01. The summed E-state index contributed by atoms with van der Waals surface area (Å²) in [5.74, 6) is 1.50. The van der Waals surface area contributed by atoms with Crippen LogP contribution in [-0.2, 0) is 5.75 Å². The maximum Gasteiger partial charge on any atom is 0.259 e. The second kappa shape index (κ2) is 4.70. The molecule has 0 saturated heterocycles. The lowest BCUT2D eigenvalue weighted by Crippen LogP contribution is -2.08. The van der Waals surface area contributed by atoms with Gasteiger partial charge in [0.25, 0.3) is 5.56 Å². The Morgan fingerprint density at radius 2 is 2.11 bits per heavy atom. The highest BCUT2D eigenvalue weighted by molar-refractivity contribution is 7.98. The molecule has 0 unspecified atom stereocenters. The summed E-state index contributed by atoms with van der Waals surface area (Å²) >= 11 is 1.45. The van der Waals surface area contributed by atoms with Gasteiger partial charge in [0.2, 0.25) is 0 Å². The van der Waals surface area contributed by atoms with Crippen LogP contribution in [0, 0.1) is 0 Å². The van der Waals surface area contributed by atoms with E-state index in [1.54, 1.807) is 12.3 Å². The van der Waals surface area contributed by atoms with E-state index >= 15 is 0 Å². The standard InChI is InChI=1S/C13H10N2O2S/c16-12-10-5-1-2-6-11(10)14-13(15-12)18-8-9-4-3-7-17-9/h1-7H,8H2,(H,14,15,16). The first-order valence-corrected chi connectivity index (χ1v) is 6.46. The van der Waals surface area contributed by atoms with E-state index < -0.39 is 0 Å². The molecule has 0 atom stereocenters. The molecule has 1 aromatic carbocycles. The fourth-order valence-corrected chi connectivity index (χ4v) is 2.44. The molecular weight excluding hydrogens is 248 g/mol. The average Bonchev–Trinajstić information content (AvgIpc) is 2.90. The van der Waals surface area contributed by atoms with Crippen molar-refractivity contribution in [3.8, 4) is 0 Å². The van der Waals surface area contributed by atoms with Gasteiger partial charge in [0, 0.05) is 0 Å². The average molecular weight is 258 g/mol. The molecule has 0 amide bonds. The molecule has 2 heterocycles. The number of aromatic nitrogens is 2. The van der Waals surface area contributed by atoms with Gasteiger partial charge in [-0.2, -0.15) is 0 Å². The first kappa shape index (κ1) is 11.1. The predicted octanol–water partition coefficient (Wildman–Crippen LogP) is 2.81. The number of H-pyrrole nitrogens is 1. The number of benzene rings is 1. The third-order valence-electron chi connectivity index (χ3n) is 2.52. The van der Waals surface area contributed by atoms with E-state index in [-0.39, 0.29) is 5.56 Å². The zero-order chi connectivity index (χ0) is 12.4. The highest BCUT2D eigenvalue weighted by Crippen LogP contribution is 2.19. The first-order valence-electron chi connectivity index (χ1n) is 5.47. The molecule has 0 aliphatic carbocycles. The van der Waals surface area contributed by atoms with Crippen molar-refractivity contribution >= 4 is 22.7 Å². The van der Waals surface area contributed by atoms with E-state index in [1.165, 1.54) is 11.8 Å². The van der Waals surface area contributed by atoms with Crippen molar-refractivity contribution in [1.29, 1.82) is 0 Å². The fourth-order valence-electron chi connectivity index (χ4n) is 1.67. The normalized spacial score (nSPS) is 10.9. The Labute approximate surface area is 107 Å². The molecule has 0 saturated carbocycles. The van der Waals surface area contributed by atoms with Crippen LogP contribution in [0.4, 0.5) is 0 Å². The number of furan rings is 1. The van der Waals surface area contributed by atoms with Gasteiger partial charge in [0.15, 0.2) is 5.16 Å². The zero-order valence-electron chi connectivity index (χ0n) is 9.42. The molecule has 5 heteroatoms. The van der Waals surface area contributed by atoms with Crippen molar-refractivity contribution in [3.05, 3.63) is 58.8 Å². The molecule has 0 spiro atoms. The van der Waals surface area contributed by atoms with Gasteiger partial charge in [-0.1, -0.05) is 23.9 Å². The Morgan fingerprint density at radius 3 is 2.94 bits per heavy atom. The summed E-state index contributed by atoms with van der Waals surface area (Å²) < 4.78 is 5.23. The van der Waals surface area contributed by atoms with E-state index in [2.05, 4.69) is 9.97 Å². The summed E-state index contributed by atoms with van der Waals surface area (Å²) in [4.78, 5) is 19.0. The first-order chi connectivity index (χ1) is 8.83. The number of hydrogen-bond donors (Lipinski definition) is 1. The SMILES string of the molecule is O=c1[nH]c(SCc2ccco2)nc2ccccc12. The molecule has 4 nitrogen and oxygen atoms in total. The number of nitrogens with one attached hydrogen (secondary N) is 1. The molecular formula is C13H10N2O2S. The van der Waals surface area contributed by atoms with Gasteiger partial charge >= 0.3 is 0 Å². The van der Waals surface area contributed by atoms with Crippen LogP contribution < -0.4 is 5.56 Å². The van der Waals surface area contributed by atoms with Crippen molar-refractivity contribution in [2.75, 3.05) is 0 Å². The van der Waals surface area contributed by atoms with Crippen LogP contribution in [0.15, 0.2) is 57.0 Å². The number of thioether (sulfide) groups is 1. The van der Waals surface area contributed by atoms with Crippen LogP contribution in [0.3, 0.4) is 0 Å². The molecule has 0 aliphatic heterocycles. The van der Waals surface area contributed by atoms with Crippen LogP contribution in [0.2, 0.25) is 0 Å². The lowest BCUT2D eigenvalue weighted by molar-refractivity contribution is 0.530. The van der Waals surface area contributed by atoms with Gasteiger partial charge < -0.3 is 9.40 Å². The Morgan fingerprint density at radius 1 is 1.22 bits per heavy atom. The van der Waals surface area contributed by atoms with Gasteiger partial charge in [-0.05, 0) is 24.3 Å². The summed E-state index contributed by atoms with van der Waals surface area (Å²) in [6.07, 6.45) is 1.63. The molecule has 3 aromatic rings. The zero-order valence-corrected chi connectivity index (χ0v) is 10.2. The second-order valence-electron chi connectivity index (χ2n) is 3.76. The van der Waals surface area contributed by atoms with Gasteiger partial charge in [-0.25, -0.2) is 4.98 Å². The molecule has 0 bridgehead atoms. The molecule has 0 radical (unpaired) electrons. The van der Waals surface area contributed by atoms with Crippen LogP contribution in [0.25, 0.3) is 10.9 Å². The lowest BCUT2D eigenvalue weighted by Gasteiger charge is -2.01. The maximum absolute atomic E-state index is 11.8. The summed E-state index contributed by atoms with van der Waals surface area (Å²) in [6, 6.07) is 11.0. The highest BCUT2D eigenvalue weighted by atomic mass is 32.2. The summed E-state index contributed by atoms with van der Waals surface area (Å²) in [5.41, 5.74) is 0.603. The third kappa shape index (κ3) is 2.17. The minimum atomic E-state index is -0.109. The lowest BCUT2D eigenvalue weighted by atomic mass is 10.2. The Balaban J connectivity index is 1.91. The molecule has 18 heavy (non-hydrogen) atoms. The van der Waals surface area contributed by atoms with Crippen molar-refractivity contribution in [2.24, 2.45) is 0 Å². The quantitative estimate of drug-likeness (QED) is 0.579. The molecule has 0 fully saturated rings. The van der Waals surface area contributed by atoms with Crippen molar-refractivity contribution in [1.82, 2.24) is 9.97 Å². The number of para-hydroxylation sites is 1. The van der Waals surface area contributed by atoms with E-state index in [1.807, 2.05) is 30.3 Å². The van der Waals surface area contributed by atoms with Crippen LogP contribution >= 0.6 is 11.8 Å². The second-order valence-corrected chi connectivity index (χ2v) is 4.72. The molecule has 1 N–H and O–H groups in total. The van der Waals surface area contributed by atoms with Gasteiger partial charge in [-0.3, -0.25) is 4.79 Å². The molecule has 0 aliphatic rings. The van der Waals surface area contributed by atoms with Crippen molar-refractivity contribution < 1.29 is 4.42 Å². The van der Waals surface area contributed by atoms with Gasteiger partial charge in [0.05, 0.1) is 22.9 Å². The topological polar surface area (TPSA) is 58.9 Å². The van der Waals surface area contributed by atoms with Crippen molar-refractivity contribution in [2.45, 2.75) is 10.9 Å². The summed E-state index contributed by atoms with van der Waals surface area (Å²) in [7, 11) is 0. The summed E-state index contributed by atoms with van der Waals surface area (Å²) in [6.45, 7) is 0. The van der Waals surface area contributed by atoms with E-state index in [9.17, 15) is 4.79 Å². The largest absolute Gasteiger partial charge is 0.468 e. The third-order valence-corrected chi connectivity index (χ3v) is 3.42. The fraction of sp³-hybridized carbons (Fsp3) is 0.0769. The van der Waals surface area contributed by atoms with E-state index in [0.717, 1.165) is 5.76 Å². The Bertz CT molecular complexity index is 719. The minimum Gasteiger partial charge on any atom is -0.468 e.